The van der Waals surface area contributed by atoms with Crippen molar-refractivity contribution in [2.45, 2.75) is 13.5 Å². The average Bonchev–Trinajstić information content (AvgIpc) is 3.27. The summed E-state index contributed by atoms with van der Waals surface area (Å²) in [4.78, 5) is 17.3. The van der Waals surface area contributed by atoms with E-state index in [0.717, 1.165) is 42.5 Å². The van der Waals surface area contributed by atoms with Gasteiger partial charge in [-0.3, -0.25) is 4.79 Å². The summed E-state index contributed by atoms with van der Waals surface area (Å²) in [5.41, 5.74) is 2.58. The van der Waals surface area contributed by atoms with Crippen LogP contribution in [0.3, 0.4) is 0 Å². The smallest absolute Gasteiger partial charge is 0.287 e. The number of amides is 1. The van der Waals surface area contributed by atoms with Crippen molar-refractivity contribution in [3.8, 4) is 0 Å². The Morgan fingerprint density at radius 2 is 1.85 bits per heavy atom. The molecular formula is C22H16N2O2S. The van der Waals surface area contributed by atoms with Gasteiger partial charge in [0.1, 0.15) is 10.6 Å². The van der Waals surface area contributed by atoms with Crippen LogP contribution in [-0.4, -0.2) is 10.9 Å². The summed E-state index contributed by atoms with van der Waals surface area (Å²) in [6.45, 7) is 2.31. The lowest BCUT2D eigenvalue weighted by Gasteiger charge is -2.01. The number of rotatable bonds is 3. The second-order valence-electron chi connectivity index (χ2n) is 6.48. The molecule has 3 aromatic carbocycles. The molecule has 0 aliphatic carbocycles. The fourth-order valence-corrected chi connectivity index (χ4v) is 4.30. The van der Waals surface area contributed by atoms with Crippen molar-refractivity contribution in [1.29, 1.82) is 0 Å². The summed E-state index contributed by atoms with van der Waals surface area (Å²) in [7, 11) is 0. The Hall–Kier alpha value is -3.18. The zero-order valence-corrected chi connectivity index (χ0v) is 15.5. The number of aromatic nitrogens is 1. The molecule has 0 saturated carbocycles. The van der Waals surface area contributed by atoms with Crippen LogP contribution in [0.25, 0.3) is 32.0 Å². The number of fused-ring (bicyclic) bond motifs is 4. The van der Waals surface area contributed by atoms with Crippen molar-refractivity contribution in [3.05, 3.63) is 77.0 Å². The molecule has 0 spiro atoms. The standard InChI is InChI=1S/C22H16N2O2S/c1-13-15-11-10-14-6-2-3-7-16(14)21(15)26-20(13)22(25)23-12-19-24-17-8-4-5-9-18(17)27-19/h2-11H,12H2,1H3,(H,23,25). The lowest BCUT2D eigenvalue weighted by Crippen LogP contribution is -2.22. The molecule has 0 saturated heterocycles. The van der Waals surface area contributed by atoms with E-state index in [1.165, 1.54) is 0 Å². The van der Waals surface area contributed by atoms with E-state index < -0.39 is 0 Å². The Balaban J connectivity index is 1.46. The van der Waals surface area contributed by atoms with Crippen LogP contribution in [-0.2, 0) is 6.54 Å². The van der Waals surface area contributed by atoms with Gasteiger partial charge in [-0.15, -0.1) is 11.3 Å². The number of furan rings is 1. The fraction of sp³-hybridized carbons (Fsp3) is 0.0909. The van der Waals surface area contributed by atoms with Crippen molar-refractivity contribution in [1.82, 2.24) is 10.3 Å². The Kier molecular flexibility index (Phi) is 3.69. The van der Waals surface area contributed by atoms with Crippen molar-refractivity contribution in [3.63, 3.8) is 0 Å². The first-order chi connectivity index (χ1) is 13.2. The van der Waals surface area contributed by atoms with Gasteiger partial charge in [-0.05, 0) is 24.4 Å². The monoisotopic (exact) mass is 372 g/mol. The van der Waals surface area contributed by atoms with Gasteiger partial charge in [0.25, 0.3) is 5.91 Å². The van der Waals surface area contributed by atoms with Gasteiger partial charge in [0.05, 0.1) is 16.8 Å². The van der Waals surface area contributed by atoms with Crippen LogP contribution in [0.1, 0.15) is 21.1 Å². The van der Waals surface area contributed by atoms with Gasteiger partial charge in [0, 0.05) is 16.3 Å². The largest absolute Gasteiger partial charge is 0.450 e. The lowest BCUT2D eigenvalue weighted by atomic mass is 10.1. The molecule has 2 aromatic heterocycles. The minimum atomic E-state index is -0.216. The Labute approximate surface area is 159 Å². The van der Waals surface area contributed by atoms with Gasteiger partial charge in [0.2, 0.25) is 0 Å². The molecule has 27 heavy (non-hydrogen) atoms. The highest BCUT2D eigenvalue weighted by atomic mass is 32.1. The van der Waals surface area contributed by atoms with E-state index in [1.807, 2.05) is 61.5 Å². The molecule has 0 unspecified atom stereocenters. The van der Waals surface area contributed by atoms with Gasteiger partial charge in [-0.2, -0.15) is 0 Å². The van der Waals surface area contributed by atoms with Crippen LogP contribution in [0.2, 0.25) is 0 Å². The third-order valence-electron chi connectivity index (χ3n) is 4.77. The van der Waals surface area contributed by atoms with E-state index in [2.05, 4.69) is 16.4 Å². The molecule has 0 aliphatic heterocycles. The highest BCUT2D eigenvalue weighted by Crippen LogP contribution is 2.31. The number of hydrogen-bond donors (Lipinski definition) is 1. The summed E-state index contributed by atoms with van der Waals surface area (Å²) >= 11 is 1.59. The summed E-state index contributed by atoms with van der Waals surface area (Å²) in [6.07, 6.45) is 0. The number of benzene rings is 3. The molecule has 0 fully saturated rings. The van der Waals surface area contributed by atoms with Gasteiger partial charge < -0.3 is 9.73 Å². The maximum absolute atomic E-state index is 12.7. The predicted octanol–water partition coefficient (Wildman–Crippen LogP) is 5.43. The van der Waals surface area contributed by atoms with Crippen molar-refractivity contribution >= 4 is 49.2 Å². The number of carbonyl (C=O) groups excluding carboxylic acids is 1. The third kappa shape index (κ3) is 2.67. The quantitative estimate of drug-likeness (QED) is 0.459. The van der Waals surface area contributed by atoms with E-state index in [-0.39, 0.29) is 5.91 Å². The number of hydrogen-bond acceptors (Lipinski definition) is 4. The molecule has 0 aliphatic rings. The summed E-state index contributed by atoms with van der Waals surface area (Å²) < 4.78 is 7.11. The summed E-state index contributed by atoms with van der Waals surface area (Å²) in [5.74, 6) is 0.148. The second-order valence-corrected chi connectivity index (χ2v) is 7.59. The van der Waals surface area contributed by atoms with Gasteiger partial charge in [0.15, 0.2) is 5.76 Å². The minimum Gasteiger partial charge on any atom is -0.450 e. The highest BCUT2D eigenvalue weighted by molar-refractivity contribution is 7.18. The molecule has 1 N–H and O–H groups in total. The van der Waals surface area contributed by atoms with Crippen LogP contribution in [0.4, 0.5) is 0 Å². The third-order valence-corrected chi connectivity index (χ3v) is 5.81. The molecule has 5 rings (SSSR count). The number of para-hydroxylation sites is 1. The first-order valence-corrected chi connectivity index (χ1v) is 9.56. The summed E-state index contributed by atoms with van der Waals surface area (Å²) in [6, 6.07) is 20.1. The second kappa shape index (κ2) is 6.21. The van der Waals surface area contributed by atoms with Crippen LogP contribution in [0, 0.1) is 6.92 Å². The topological polar surface area (TPSA) is 55.1 Å². The van der Waals surface area contributed by atoms with Crippen molar-refractivity contribution < 1.29 is 9.21 Å². The van der Waals surface area contributed by atoms with Crippen molar-refractivity contribution in [2.75, 3.05) is 0 Å². The van der Waals surface area contributed by atoms with E-state index in [9.17, 15) is 4.79 Å². The molecule has 4 nitrogen and oxygen atoms in total. The molecular weight excluding hydrogens is 356 g/mol. The SMILES string of the molecule is Cc1c(C(=O)NCc2nc3ccccc3s2)oc2c1ccc1ccccc12. The van der Waals surface area contributed by atoms with Crippen molar-refractivity contribution in [2.24, 2.45) is 0 Å². The van der Waals surface area contributed by atoms with Gasteiger partial charge >= 0.3 is 0 Å². The van der Waals surface area contributed by atoms with Gasteiger partial charge in [-0.25, -0.2) is 4.98 Å². The van der Waals surface area contributed by atoms with Crippen LogP contribution in [0.15, 0.2) is 65.1 Å². The number of nitrogens with zero attached hydrogens (tertiary/aromatic N) is 1. The first-order valence-electron chi connectivity index (χ1n) is 8.74. The molecule has 132 valence electrons. The van der Waals surface area contributed by atoms with E-state index in [1.54, 1.807) is 11.3 Å². The molecule has 0 atom stereocenters. The zero-order valence-electron chi connectivity index (χ0n) is 14.7. The molecule has 5 aromatic rings. The number of nitrogens with one attached hydrogen (secondary N) is 1. The normalized spacial score (nSPS) is 11.4. The molecule has 0 bridgehead atoms. The number of aryl methyl sites for hydroxylation is 1. The highest BCUT2D eigenvalue weighted by Gasteiger charge is 2.19. The van der Waals surface area contributed by atoms with Crippen LogP contribution in [0.5, 0.6) is 0 Å². The van der Waals surface area contributed by atoms with Crippen LogP contribution < -0.4 is 5.32 Å². The van der Waals surface area contributed by atoms with E-state index >= 15 is 0 Å². The molecule has 2 heterocycles. The fourth-order valence-electron chi connectivity index (χ4n) is 3.40. The maximum atomic E-state index is 12.7. The summed E-state index contributed by atoms with van der Waals surface area (Å²) in [5, 5.41) is 6.91. The van der Waals surface area contributed by atoms with Gasteiger partial charge in [-0.1, -0.05) is 48.5 Å². The van der Waals surface area contributed by atoms with E-state index in [0.29, 0.717) is 12.3 Å². The lowest BCUT2D eigenvalue weighted by molar-refractivity contribution is 0.0924. The molecule has 5 heteroatoms. The minimum absolute atomic E-state index is 0.216. The van der Waals surface area contributed by atoms with E-state index in [4.69, 9.17) is 4.42 Å². The number of carbonyl (C=O) groups is 1. The maximum Gasteiger partial charge on any atom is 0.287 e. The molecule has 0 radical (unpaired) electrons. The predicted molar refractivity (Wildman–Crippen MR) is 109 cm³/mol. The number of thiazole rings is 1. The van der Waals surface area contributed by atoms with Crippen LogP contribution >= 0.6 is 11.3 Å². The average molecular weight is 372 g/mol. The Bertz CT molecular complexity index is 1280. The molecule has 1 amide bonds. The Morgan fingerprint density at radius 3 is 2.74 bits per heavy atom. The Morgan fingerprint density at radius 1 is 1.04 bits per heavy atom. The zero-order chi connectivity index (χ0) is 18.4. The first kappa shape index (κ1) is 16.0.